The smallest absolute Gasteiger partial charge is 0.245 e. The number of nitrogens with one attached hydrogen (secondary N) is 1. The Hall–Kier alpha value is -1.47. The molecule has 0 unspecified atom stereocenters. The minimum Gasteiger partial charge on any atom is -0.368 e. The van der Waals surface area contributed by atoms with Gasteiger partial charge >= 0.3 is 0 Å². The van der Waals surface area contributed by atoms with E-state index in [0.717, 1.165) is 0 Å². The van der Waals surface area contributed by atoms with Gasteiger partial charge in [-0.2, -0.15) is 10.5 Å². The van der Waals surface area contributed by atoms with E-state index in [1.807, 2.05) is 0 Å². The number of aromatic nitrogens is 2. The Morgan fingerprint density at radius 1 is 1.77 bits per heavy atom. The van der Waals surface area contributed by atoms with Crippen LogP contribution in [0.15, 0.2) is 4.52 Å². The van der Waals surface area contributed by atoms with Gasteiger partial charge in [0.2, 0.25) is 11.8 Å². The number of rotatable bonds is 5. The van der Waals surface area contributed by atoms with Gasteiger partial charge in [0.15, 0.2) is 5.82 Å². The minimum absolute atomic E-state index is 0.184. The topological polar surface area (TPSA) is 103 Å². The summed E-state index contributed by atoms with van der Waals surface area (Å²) in [5.41, 5.74) is 7.28. The molecule has 0 spiro atoms. The molecule has 72 valence electrons. The van der Waals surface area contributed by atoms with Gasteiger partial charge in [-0.25, -0.2) is 0 Å². The molecule has 0 aliphatic carbocycles. The van der Waals surface area contributed by atoms with Crippen molar-refractivity contribution in [1.29, 1.82) is 0 Å². The molecule has 0 atom stereocenters. The lowest BCUT2D eigenvalue weighted by atomic mass is 10.6. The number of primary amides is 1. The molecule has 1 aromatic rings. The maximum absolute atomic E-state index is 10.2. The Bertz CT molecular complexity index is 285. The van der Waals surface area contributed by atoms with Crippen LogP contribution in [0.5, 0.6) is 0 Å². The van der Waals surface area contributed by atoms with Crippen molar-refractivity contribution in [2.24, 2.45) is 5.73 Å². The van der Waals surface area contributed by atoms with E-state index in [2.05, 4.69) is 20.5 Å². The zero-order valence-corrected chi connectivity index (χ0v) is 7.11. The molecule has 1 rings (SSSR count). The van der Waals surface area contributed by atoms with Gasteiger partial charge in [0.25, 0.3) is 0 Å². The normalized spacial score (nSPS) is 10.2. The van der Waals surface area contributed by atoms with Crippen molar-refractivity contribution in [2.45, 2.75) is 13.5 Å². The first-order valence-corrected chi connectivity index (χ1v) is 3.60. The first-order chi connectivity index (χ1) is 6.18. The second-order valence-corrected chi connectivity index (χ2v) is 2.31. The lowest BCUT2D eigenvalue weighted by molar-refractivity contribution is -0.125. The third-order valence-electron chi connectivity index (χ3n) is 1.12. The van der Waals surface area contributed by atoms with Crippen LogP contribution in [-0.2, 0) is 16.2 Å². The van der Waals surface area contributed by atoms with Crippen molar-refractivity contribution in [3.8, 4) is 0 Å². The molecule has 1 heterocycles. The Morgan fingerprint density at radius 2 is 2.54 bits per heavy atom. The van der Waals surface area contributed by atoms with Crippen LogP contribution < -0.4 is 11.2 Å². The number of amides is 1. The van der Waals surface area contributed by atoms with Crippen molar-refractivity contribution < 1.29 is 14.2 Å². The predicted molar refractivity (Wildman–Crippen MR) is 41.0 cm³/mol. The molecule has 0 fully saturated rings. The zero-order valence-electron chi connectivity index (χ0n) is 7.11. The Balaban J connectivity index is 2.16. The standard InChI is InChI=1S/C6H10N4O3/c1-4-9-6(10-13-4)2-8-12-3-5(7)11/h8H,2-3H2,1H3,(H2,7,11). The van der Waals surface area contributed by atoms with E-state index < -0.39 is 5.91 Å². The van der Waals surface area contributed by atoms with E-state index >= 15 is 0 Å². The van der Waals surface area contributed by atoms with Crippen LogP contribution in [0.1, 0.15) is 11.7 Å². The molecule has 3 N–H and O–H groups in total. The summed E-state index contributed by atoms with van der Waals surface area (Å²) in [4.78, 5) is 18.8. The van der Waals surface area contributed by atoms with Crippen LogP contribution in [0, 0.1) is 6.92 Å². The third kappa shape index (κ3) is 3.63. The summed E-state index contributed by atoms with van der Waals surface area (Å²) < 4.78 is 4.69. The lowest BCUT2D eigenvalue weighted by Gasteiger charge is -1.98. The molecular formula is C6H10N4O3. The van der Waals surface area contributed by atoms with Crippen molar-refractivity contribution in [1.82, 2.24) is 15.6 Å². The number of carbonyl (C=O) groups is 1. The quantitative estimate of drug-likeness (QED) is 0.446. The first-order valence-electron chi connectivity index (χ1n) is 3.60. The fraction of sp³-hybridized carbons (Fsp3) is 0.500. The molecule has 7 nitrogen and oxygen atoms in total. The van der Waals surface area contributed by atoms with Gasteiger partial charge in [-0.3, -0.25) is 9.63 Å². The number of aryl methyl sites for hydroxylation is 1. The largest absolute Gasteiger partial charge is 0.368 e. The Kier molecular flexibility index (Phi) is 3.35. The van der Waals surface area contributed by atoms with E-state index in [4.69, 9.17) is 10.3 Å². The van der Waals surface area contributed by atoms with Gasteiger partial charge in [-0.1, -0.05) is 5.16 Å². The molecular weight excluding hydrogens is 176 g/mol. The SMILES string of the molecule is Cc1nc(CNOCC(N)=O)no1. The zero-order chi connectivity index (χ0) is 9.68. The van der Waals surface area contributed by atoms with Crippen molar-refractivity contribution in [3.05, 3.63) is 11.7 Å². The van der Waals surface area contributed by atoms with E-state index in [0.29, 0.717) is 11.7 Å². The molecule has 0 radical (unpaired) electrons. The number of hydrogen-bond acceptors (Lipinski definition) is 6. The fourth-order valence-electron chi connectivity index (χ4n) is 0.651. The van der Waals surface area contributed by atoms with Crippen molar-refractivity contribution in [3.63, 3.8) is 0 Å². The van der Waals surface area contributed by atoms with Crippen LogP contribution >= 0.6 is 0 Å². The summed E-state index contributed by atoms with van der Waals surface area (Å²) in [5, 5.41) is 3.59. The van der Waals surface area contributed by atoms with Gasteiger partial charge < -0.3 is 10.3 Å². The number of nitrogens with two attached hydrogens (primary N) is 1. The van der Waals surface area contributed by atoms with Gasteiger partial charge in [0.05, 0.1) is 6.54 Å². The summed E-state index contributed by atoms with van der Waals surface area (Å²) in [6.07, 6.45) is 0. The number of carbonyl (C=O) groups excluding carboxylic acids is 1. The predicted octanol–water partition coefficient (Wildman–Crippen LogP) is -1.12. The molecule has 1 aromatic heterocycles. The second-order valence-electron chi connectivity index (χ2n) is 2.31. The maximum Gasteiger partial charge on any atom is 0.245 e. The summed E-state index contributed by atoms with van der Waals surface area (Å²) >= 11 is 0. The van der Waals surface area contributed by atoms with Crippen LogP contribution in [0.4, 0.5) is 0 Å². The van der Waals surface area contributed by atoms with Gasteiger partial charge in [-0.15, -0.1) is 0 Å². The lowest BCUT2D eigenvalue weighted by Crippen LogP contribution is -2.24. The molecule has 0 aromatic carbocycles. The summed E-state index contributed by atoms with van der Waals surface area (Å²) in [5.74, 6) is 0.394. The molecule has 0 saturated carbocycles. The van der Waals surface area contributed by atoms with E-state index in [9.17, 15) is 4.79 Å². The highest BCUT2D eigenvalue weighted by Crippen LogP contribution is 1.93. The third-order valence-corrected chi connectivity index (χ3v) is 1.12. The fourth-order valence-corrected chi connectivity index (χ4v) is 0.651. The average molecular weight is 186 g/mol. The minimum atomic E-state index is -0.545. The van der Waals surface area contributed by atoms with E-state index in [1.54, 1.807) is 6.92 Å². The molecule has 7 heteroatoms. The molecule has 1 amide bonds. The van der Waals surface area contributed by atoms with Crippen LogP contribution in [0.2, 0.25) is 0 Å². The Labute approximate surface area is 74.2 Å². The molecule has 0 saturated heterocycles. The summed E-state index contributed by atoms with van der Waals surface area (Å²) in [7, 11) is 0. The first kappa shape index (κ1) is 9.62. The molecule has 0 aliphatic rings. The highest BCUT2D eigenvalue weighted by Gasteiger charge is 2.01. The Morgan fingerprint density at radius 3 is 3.08 bits per heavy atom. The molecule has 13 heavy (non-hydrogen) atoms. The number of nitrogens with zero attached hydrogens (tertiary/aromatic N) is 2. The van der Waals surface area contributed by atoms with Crippen molar-refractivity contribution >= 4 is 5.91 Å². The van der Waals surface area contributed by atoms with Crippen LogP contribution in [-0.4, -0.2) is 22.7 Å². The average Bonchev–Trinajstić information content (AvgIpc) is 2.45. The van der Waals surface area contributed by atoms with Crippen LogP contribution in [0.3, 0.4) is 0 Å². The number of hydroxylamine groups is 1. The maximum atomic E-state index is 10.2. The van der Waals surface area contributed by atoms with Crippen molar-refractivity contribution in [2.75, 3.05) is 6.61 Å². The highest BCUT2D eigenvalue weighted by atomic mass is 16.6. The summed E-state index contributed by atoms with van der Waals surface area (Å²) in [6.45, 7) is 1.77. The van der Waals surface area contributed by atoms with Gasteiger partial charge in [0, 0.05) is 6.92 Å². The van der Waals surface area contributed by atoms with Crippen LogP contribution in [0.25, 0.3) is 0 Å². The monoisotopic (exact) mass is 186 g/mol. The number of hydrogen-bond donors (Lipinski definition) is 2. The highest BCUT2D eigenvalue weighted by molar-refractivity contribution is 5.74. The van der Waals surface area contributed by atoms with Gasteiger partial charge in [-0.05, 0) is 0 Å². The molecule has 0 bridgehead atoms. The summed E-state index contributed by atoms with van der Waals surface area (Å²) in [6, 6.07) is 0. The van der Waals surface area contributed by atoms with E-state index in [1.165, 1.54) is 0 Å². The van der Waals surface area contributed by atoms with E-state index in [-0.39, 0.29) is 13.2 Å². The molecule has 0 aliphatic heterocycles. The van der Waals surface area contributed by atoms with Gasteiger partial charge in [0.1, 0.15) is 6.61 Å². The second kappa shape index (κ2) is 4.53.